The first kappa shape index (κ1) is 13.1. The van der Waals surface area contributed by atoms with E-state index in [4.69, 9.17) is 0 Å². The molecule has 0 heterocycles. The molecular formula is C14H19F2. The van der Waals surface area contributed by atoms with Gasteiger partial charge in [-0.2, -0.15) is 0 Å². The lowest BCUT2D eigenvalue weighted by Gasteiger charge is -2.03. The van der Waals surface area contributed by atoms with E-state index in [9.17, 15) is 8.78 Å². The van der Waals surface area contributed by atoms with Crippen molar-refractivity contribution in [1.82, 2.24) is 0 Å². The second kappa shape index (κ2) is 7.37. The first-order valence-electron chi connectivity index (χ1n) is 5.99. The average molecular weight is 225 g/mol. The third-order valence-electron chi connectivity index (χ3n) is 2.64. The van der Waals surface area contributed by atoms with Gasteiger partial charge in [0.25, 0.3) is 0 Å². The highest BCUT2D eigenvalue weighted by Crippen LogP contribution is 2.13. The lowest BCUT2D eigenvalue weighted by molar-refractivity contribution is 0.570. The van der Waals surface area contributed by atoms with Crippen LogP contribution in [-0.4, -0.2) is 0 Å². The van der Waals surface area contributed by atoms with E-state index in [-0.39, 0.29) is 0 Å². The van der Waals surface area contributed by atoms with Gasteiger partial charge in [0.2, 0.25) is 0 Å². The number of hydrogen-bond donors (Lipinski definition) is 0. The SMILES string of the molecule is CCCCC[CH]CCc1ccc(F)cc1F. The second-order valence-corrected chi connectivity index (χ2v) is 4.06. The maximum Gasteiger partial charge on any atom is 0.129 e. The Labute approximate surface area is 96.7 Å². The molecule has 0 atom stereocenters. The van der Waals surface area contributed by atoms with Crippen LogP contribution in [0.4, 0.5) is 8.78 Å². The maximum absolute atomic E-state index is 13.2. The minimum absolute atomic E-state index is 0.429. The summed E-state index contributed by atoms with van der Waals surface area (Å²) in [6.07, 6.45) is 8.50. The summed E-state index contributed by atoms with van der Waals surface area (Å²) < 4.78 is 25.9. The quantitative estimate of drug-likeness (QED) is 0.591. The van der Waals surface area contributed by atoms with Gasteiger partial charge in [0.15, 0.2) is 0 Å². The molecule has 0 amide bonds. The van der Waals surface area contributed by atoms with Crippen molar-refractivity contribution >= 4 is 0 Å². The van der Waals surface area contributed by atoms with E-state index in [2.05, 4.69) is 13.3 Å². The van der Waals surface area contributed by atoms with Gasteiger partial charge in [-0.05, 0) is 30.9 Å². The van der Waals surface area contributed by atoms with E-state index in [0.717, 1.165) is 18.9 Å². The highest BCUT2D eigenvalue weighted by atomic mass is 19.1. The van der Waals surface area contributed by atoms with E-state index >= 15 is 0 Å². The van der Waals surface area contributed by atoms with Crippen molar-refractivity contribution in [3.05, 3.63) is 41.8 Å². The van der Waals surface area contributed by atoms with Crippen LogP contribution in [0.5, 0.6) is 0 Å². The van der Waals surface area contributed by atoms with Gasteiger partial charge >= 0.3 is 0 Å². The fraction of sp³-hybridized carbons (Fsp3) is 0.500. The molecule has 1 aromatic rings. The van der Waals surface area contributed by atoms with Crippen LogP contribution in [0.15, 0.2) is 18.2 Å². The predicted octanol–water partition coefficient (Wildman–Crippen LogP) is 4.68. The van der Waals surface area contributed by atoms with Crippen LogP contribution < -0.4 is 0 Å². The summed E-state index contributed by atoms with van der Waals surface area (Å²) in [6.45, 7) is 2.17. The van der Waals surface area contributed by atoms with Gasteiger partial charge < -0.3 is 0 Å². The average Bonchev–Trinajstić information content (AvgIpc) is 2.26. The summed E-state index contributed by atoms with van der Waals surface area (Å²) in [5.41, 5.74) is 0.605. The largest absolute Gasteiger partial charge is 0.207 e. The maximum atomic E-state index is 13.2. The molecule has 89 valence electrons. The second-order valence-electron chi connectivity index (χ2n) is 4.06. The van der Waals surface area contributed by atoms with Gasteiger partial charge in [-0.15, -0.1) is 0 Å². The van der Waals surface area contributed by atoms with Gasteiger partial charge in [-0.25, -0.2) is 8.78 Å². The molecule has 0 unspecified atom stereocenters. The minimum atomic E-state index is -0.506. The molecule has 1 aromatic carbocycles. The molecule has 0 saturated heterocycles. The topological polar surface area (TPSA) is 0 Å². The van der Waals surface area contributed by atoms with Crippen LogP contribution in [0.1, 0.15) is 44.6 Å². The highest BCUT2D eigenvalue weighted by Gasteiger charge is 2.03. The monoisotopic (exact) mass is 225 g/mol. The molecule has 0 aliphatic carbocycles. The molecule has 0 saturated carbocycles. The third kappa shape index (κ3) is 4.73. The van der Waals surface area contributed by atoms with E-state index in [1.165, 1.54) is 31.4 Å². The number of hydrogen-bond acceptors (Lipinski definition) is 0. The van der Waals surface area contributed by atoms with Crippen LogP contribution in [0.25, 0.3) is 0 Å². The molecule has 16 heavy (non-hydrogen) atoms. The Morgan fingerprint density at radius 3 is 2.62 bits per heavy atom. The molecule has 0 bridgehead atoms. The molecule has 0 aromatic heterocycles. The van der Waals surface area contributed by atoms with E-state index in [1.54, 1.807) is 0 Å². The lowest BCUT2D eigenvalue weighted by atomic mass is 10.0. The summed E-state index contributed by atoms with van der Waals surface area (Å²) in [6, 6.07) is 3.80. The van der Waals surface area contributed by atoms with Crippen molar-refractivity contribution in [2.75, 3.05) is 0 Å². The smallest absolute Gasteiger partial charge is 0.129 e. The molecular weight excluding hydrogens is 206 g/mol. The van der Waals surface area contributed by atoms with Crippen molar-refractivity contribution in [1.29, 1.82) is 0 Å². The van der Waals surface area contributed by atoms with Crippen molar-refractivity contribution < 1.29 is 8.78 Å². The van der Waals surface area contributed by atoms with Gasteiger partial charge in [0, 0.05) is 6.07 Å². The summed E-state index contributed by atoms with van der Waals surface area (Å²) >= 11 is 0. The fourth-order valence-electron chi connectivity index (χ4n) is 1.67. The first-order chi connectivity index (χ1) is 7.74. The van der Waals surface area contributed by atoms with Gasteiger partial charge in [0.1, 0.15) is 11.6 Å². The number of unbranched alkanes of at least 4 members (excludes halogenated alkanes) is 5. The Morgan fingerprint density at radius 1 is 1.12 bits per heavy atom. The first-order valence-corrected chi connectivity index (χ1v) is 5.99. The Hall–Kier alpha value is -0.920. The fourth-order valence-corrected chi connectivity index (χ4v) is 1.67. The Kier molecular flexibility index (Phi) is 6.05. The zero-order chi connectivity index (χ0) is 11.8. The van der Waals surface area contributed by atoms with Gasteiger partial charge in [-0.3, -0.25) is 0 Å². The van der Waals surface area contributed by atoms with Crippen molar-refractivity contribution in [3.8, 4) is 0 Å². The zero-order valence-corrected chi connectivity index (χ0v) is 9.81. The molecule has 0 nitrogen and oxygen atoms in total. The molecule has 2 heteroatoms. The molecule has 1 rings (SSSR count). The Morgan fingerprint density at radius 2 is 1.94 bits per heavy atom. The summed E-state index contributed by atoms with van der Waals surface area (Å²) in [4.78, 5) is 0. The van der Waals surface area contributed by atoms with Gasteiger partial charge in [-0.1, -0.05) is 38.7 Å². The van der Waals surface area contributed by atoms with Crippen LogP contribution in [0.2, 0.25) is 0 Å². The van der Waals surface area contributed by atoms with Crippen LogP contribution in [0, 0.1) is 18.1 Å². The molecule has 0 fully saturated rings. The molecule has 0 N–H and O–H groups in total. The standard InChI is InChI=1S/C14H19F2/c1-2-3-4-5-6-7-8-12-9-10-13(15)11-14(12)16/h6,9-11H,2-5,7-8H2,1H3. The highest BCUT2D eigenvalue weighted by molar-refractivity contribution is 5.18. The molecule has 0 aliphatic heterocycles. The third-order valence-corrected chi connectivity index (χ3v) is 2.64. The van der Waals surface area contributed by atoms with Crippen LogP contribution >= 0.6 is 0 Å². The molecule has 0 aliphatic rings. The normalized spacial score (nSPS) is 10.7. The summed E-state index contributed by atoms with van der Waals surface area (Å²) in [5, 5.41) is 0. The van der Waals surface area contributed by atoms with Crippen LogP contribution in [0.3, 0.4) is 0 Å². The number of benzene rings is 1. The van der Waals surface area contributed by atoms with E-state index in [1.807, 2.05) is 0 Å². The minimum Gasteiger partial charge on any atom is -0.207 e. The summed E-state index contributed by atoms with van der Waals surface area (Å²) in [5.74, 6) is -0.935. The Balaban J connectivity index is 2.21. The van der Waals surface area contributed by atoms with E-state index in [0.29, 0.717) is 12.0 Å². The molecule has 0 spiro atoms. The van der Waals surface area contributed by atoms with Crippen molar-refractivity contribution in [3.63, 3.8) is 0 Å². The summed E-state index contributed by atoms with van der Waals surface area (Å²) in [7, 11) is 0. The van der Waals surface area contributed by atoms with Crippen LogP contribution in [-0.2, 0) is 6.42 Å². The lowest BCUT2D eigenvalue weighted by Crippen LogP contribution is -1.92. The zero-order valence-electron chi connectivity index (χ0n) is 9.81. The number of rotatable bonds is 7. The number of halogens is 2. The van der Waals surface area contributed by atoms with Crippen molar-refractivity contribution in [2.24, 2.45) is 0 Å². The van der Waals surface area contributed by atoms with E-state index < -0.39 is 11.6 Å². The van der Waals surface area contributed by atoms with Gasteiger partial charge in [0.05, 0.1) is 0 Å². The predicted molar refractivity (Wildman–Crippen MR) is 63.1 cm³/mol. The molecule has 1 radical (unpaired) electrons. The Bertz CT molecular complexity index is 308. The van der Waals surface area contributed by atoms with Crippen molar-refractivity contribution in [2.45, 2.75) is 45.4 Å². The number of aryl methyl sites for hydroxylation is 1.